The lowest BCUT2D eigenvalue weighted by atomic mass is 10.4. The number of ether oxygens (including phenoxy) is 1. The quantitative estimate of drug-likeness (QED) is 0.533. The van der Waals surface area contributed by atoms with Crippen LogP contribution in [0.2, 0.25) is 0 Å². The number of rotatable bonds is 4. The van der Waals surface area contributed by atoms with Crippen LogP contribution in [0, 0.1) is 0 Å². The Kier molecular flexibility index (Phi) is 4.31. The molecule has 0 aliphatic rings. The minimum atomic E-state index is -4.92. The summed E-state index contributed by atoms with van der Waals surface area (Å²) in [5.41, 5.74) is 0. The van der Waals surface area contributed by atoms with Gasteiger partial charge in [0.05, 0.1) is 5.88 Å². The van der Waals surface area contributed by atoms with Crippen molar-refractivity contribution in [3.8, 4) is 0 Å². The van der Waals surface area contributed by atoms with E-state index in [2.05, 4.69) is 16.3 Å². The summed E-state index contributed by atoms with van der Waals surface area (Å²) in [5.74, 6) is -1.13. The summed E-state index contributed by atoms with van der Waals surface area (Å²) in [6.45, 7) is -2.21. The van der Waals surface area contributed by atoms with Gasteiger partial charge in [0.1, 0.15) is 6.61 Å². The SMILES string of the molecule is FC(CCl)C(F)(F)OCC(F)(F)F. The molecule has 0 aliphatic carbocycles. The topological polar surface area (TPSA) is 9.23 Å². The number of alkyl halides is 7. The van der Waals surface area contributed by atoms with Crippen molar-refractivity contribution in [2.45, 2.75) is 18.5 Å². The van der Waals surface area contributed by atoms with Gasteiger partial charge >= 0.3 is 12.3 Å². The zero-order valence-electron chi connectivity index (χ0n) is 6.05. The van der Waals surface area contributed by atoms with Crippen LogP contribution in [0.4, 0.5) is 26.3 Å². The Balaban J connectivity index is 4.03. The normalized spacial score (nSPS) is 15.9. The molecule has 0 amide bonds. The summed E-state index contributed by atoms with van der Waals surface area (Å²) >= 11 is 4.67. The molecule has 13 heavy (non-hydrogen) atoms. The first-order valence-corrected chi connectivity index (χ1v) is 3.51. The zero-order chi connectivity index (χ0) is 10.7. The highest BCUT2D eigenvalue weighted by Gasteiger charge is 2.44. The minimum absolute atomic E-state index is 1.13. The van der Waals surface area contributed by atoms with Gasteiger partial charge in [-0.2, -0.15) is 22.0 Å². The third-order valence-corrected chi connectivity index (χ3v) is 1.20. The maximum absolute atomic E-state index is 12.2. The predicted octanol–water partition coefficient (Wildman–Crippen LogP) is 2.74. The van der Waals surface area contributed by atoms with Gasteiger partial charge in [-0.3, -0.25) is 0 Å². The highest BCUT2D eigenvalue weighted by atomic mass is 35.5. The molecular formula is C5H5ClF6O. The first-order valence-electron chi connectivity index (χ1n) is 2.97. The van der Waals surface area contributed by atoms with Crippen molar-refractivity contribution in [1.82, 2.24) is 0 Å². The van der Waals surface area contributed by atoms with E-state index < -0.39 is 30.9 Å². The molecule has 0 aromatic rings. The lowest BCUT2D eigenvalue weighted by Crippen LogP contribution is -2.37. The zero-order valence-corrected chi connectivity index (χ0v) is 6.80. The summed E-state index contributed by atoms with van der Waals surface area (Å²) in [6, 6.07) is 0. The molecule has 0 N–H and O–H groups in total. The molecule has 1 nitrogen and oxygen atoms in total. The van der Waals surface area contributed by atoms with Crippen LogP contribution in [-0.4, -0.2) is 30.9 Å². The van der Waals surface area contributed by atoms with Crippen molar-refractivity contribution in [3.05, 3.63) is 0 Å². The summed E-state index contributed by atoms with van der Waals surface area (Å²) in [4.78, 5) is 0. The van der Waals surface area contributed by atoms with Gasteiger partial charge in [-0.15, -0.1) is 11.6 Å². The fourth-order valence-corrected chi connectivity index (χ4v) is 0.538. The molecule has 0 saturated heterocycles. The smallest absolute Gasteiger partial charge is 0.309 e. The minimum Gasteiger partial charge on any atom is -0.309 e. The third-order valence-electron chi connectivity index (χ3n) is 0.928. The number of hydrogen-bond acceptors (Lipinski definition) is 1. The van der Waals surface area contributed by atoms with Crippen molar-refractivity contribution >= 4 is 11.6 Å². The lowest BCUT2D eigenvalue weighted by Gasteiger charge is -2.19. The van der Waals surface area contributed by atoms with Crippen LogP contribution >= 0.6 is 11.6 Å². The second kappa shape index (κ2) is 4.36. The first-order chi connectivity index (χ1) is 5.69. The summed E-state index contributed by atoms with van der Waals surface area (Å²) in [7, 11) is 0. The Labute approximate surface area is 74.6 Å². The second-order valence-electron chi connectivity index (χ2n) is 2.09. The Bertz CT molecular complexity index is 158. The molecule has 1 unspecified atom stereocenters. The highest BCUT2D eigenvalue weighted by molar-refractivity contribution is 6.18. The van der Waals surface area contributed by atoms with Crippen molar-refractivity contribution < 1.29 is 31.1 Å². The van der Waals surface area contributed by atoms with Gasteiger partial charge in [-0.05, 0) is 0 Å². The van der Waals surface area contributed by atoms with E-state index >= 15 is 0 Å². The van der Waals surface area contributed by atoms with Gasteiger partial charge in [-0.25, -0.2) is 4.39 Å². The molecule has 0 aromatic heterocycles. The average Bonchev–Trinajstić information content (AvgIpc) is 1.98. The molecule has 0 saturated carbocycles. The Hall–Kier alpha value is -0.170. The molecule has 80 valence electrons. The first kappa shape index (κ1) is 12.8. The molecule has 8 heteroatoms. The molecule has 0 bridgehead atoms. The second-order valence-corrected chi connectivity index (χ2v) is 2.40. The highest BCUT2D eigenvalue weighted by Crippen LogP contribution is 2.27. The van der Waals surface area contributed by atoms with Crippen LogP contribution < -0.4 is 0 Å². The van der Waals surface area contributed by atoms with Gasteiger partial charge in [0.15, 0.2) is 0 Å². The molecule has 0 rings (SSSR count). The predicted molar refractivity (Wildman–Crippen MR) is 32.6 cm³/mol. The van der Waals surface area contributed by atoms with Crippen molar-refractivity contribution in [1.29, 1.82) is 0 Å². The molecule has 0 radical (unpaired) electrons. The standard InChI is InChI=1S/C5H5ClF6O/c6-1-3(7)5(11,12)13-2-4(8,9)10/h3H,1-2H2. The number of hydrogen-bond donors (Lipinski definition) is 0. The van der Waals surface area contributed by atoms with Crippen LogP contribution in [0.5, 0.6) is 0 Å². The van der Waals surface area contributed by atoms with Gasteiger partial charge in [-0.1, -0.05) is 0 Å². The maximum Gasteiger partial charge on any atom is 0.412 e. The summed E-state index contributed by atoms with van der Waals surface area (Å²) in [6.07, 6.45) is -12.4. The molecular weight excluding hydrogens is 225 g/mol. The van der Waals surface area contributed by atoms with E-state index in [9.17, 15) is 26.3 Å². The van der Waals surface area contributed by atoms with Crippen molar-refractivity contribution in [2.75, 3.05) is 12.5 Å². The molecule has 0 heterocycles. The monoisotopic (exact) mass is 230 g/mol. The fraction of sp³-hybridized carbons (Fsp3) is 1.00. The Morgan fingerprint density at radius 2 is 1.62 bits per heavy atom. The van der Waals surface area contributed by atoms with Gasteiger partial charge in [0, 0.05) is 0 Å². The Morgan fingerprint density at radius 3 is 1.92 bits per heavy atom. The third kappa shape index (κ3) is 5.20. The fourth-order valence-electron chi connectivity index (χ4n) is 0.358. The Morgan fingerprint density at radius 1 is 1.15 bits per heavy atom. The van der Waals surface area contributed by atoms with Crippen LogP contribution in [0.1, 0.15) is 0 Å². The van der Waals surface area contributed by atoms with E-state index in [-0.39, 0.29) is 0 Å². The van der Waals surface area contributed by atoms with E-state index in [1.165, 1.54) is 0 Å². The molecule has 0 aromatic carbocycles. The summed E-state index contributed by atoms with van der Waals surface area (Å²) in [5, 5.41) is 0. The van der Waals surface area contributed by atoms with E-state index in [4.69, 9.17) is 0 Å². The van der Waals surface area contributed by atoms with E-state index in [0.717, 1.165) is 0 Å². The summed E-state index contributed by atoms with van der Waals surface area (Å²) < 4.78 is 73.5. The van der Waals surface area contributed by atoms with E-state index in [1.807, 2.05) is 0 Å². The van der Waals surface area contributed by atoms with Crippen LogP contribution in [-0.2, 0) is 4.74 Å². The van der Waals surface area contributed by atoms with E-state index in [1.54, 1.807) is 0 Å². The molecule has 1 atom stereocenters. The van der Waals surface area contributed by atoms with Crippen LogP contribution in [0.15, 0.2) is 0 Å². The van der Waals surface area contributed by atoms with E-state index in [0.29, 0.717) is 0 Å². The molecule has 0 aliphatic heterocycles. The maximum atomic E-state index is 12.2. The average molecular weight is 231 g/mol. The van der Waals surface area contributed by atoms with Gasteiger partial charge < -0.3 is 4.74 Å². The lowest BCUT2D eigenvalue weighted by molar-refractivity contribution is -0.308. The van der Waals surface area contributed by atoms with Crippen molar-refractivity contribution in [2.24, 2.45) is 0 Å². The number of halogens is 7. The van der Waals surface area contributed by atoms with Gasteiger partial charge in [0.25, 0.3) is 0 Å². The van der Waals surface area contributed by atoms with Crippen LogP contribution in [0.25, 0.3) is 0 Å². The van der Waals surface area contributed by atoms with Crippen molar-refractivity contribution in [3.63, 3.8) is 0 Å². The van der Waals surface area contributed by atoms with Crippen LogP contribution in [0.3, 0.4) is 0 Å². The molecule has 0 spiro atoms. The molecule has 0 fully saturated rings. The largest absolute Gasteiger partial charge is 0.412 e. The van der Waals surface area contributed by atoms with Gasteiger partial charge in [0.2, 0.25) is 6.17 Å².